The molecule has 4 nitrogen and oxygen atoms in total. The first-order chi connectivity index (χ1) is 10.5. The van der Waals surface area contributed by atoms with Gasteiger partial charge in [0, 0.05) is 11.5 Å². The van der Waals surface area contributed by atoms with E-state index in [2.05, 4.69) is 37.5 Å². The molecule has 0 aliphatic heterocycles. The fourth-order valence-electron chi connectivity index (χ4n) is 2.49. The molecule has 4 heteroatoms. The molecule has 0 heterocycles. The van der Waals surface area contributed by atoms with Crippen LogP contribution in [0, 0.1) is 16.7 Å². The molecule has 0 saturated carbocycles. The summed E-state index contributed by atoms with van der Waals surface area (Å²) < 4.78 is 0. The van der Waals surface area contributed by atoms with Gasteiger partial charge in [-0.2, -0.15) is 5.26 Å². The first-order valence-electron chi connectivity index (χ1n) is 8.02. The van der Waals surface area contributed by atoms with Crippen LogP contribution in [0.3, 0.4) is 0 Å². The Morgan fingerprint density at radius 3 is 2.30 bits per heavy atom. The van der Waals surface area contributed by atoms with Gasteiger partial charge in [0.15, 0.2) is 0 Å². The van der Waals surface area contributed by atoms with Gasteiger partial charge in [0.25, 0.3) is 0 Å². The fraction of sp³-hybridized carbons (Fsp3) is 0.579. The van der Waals surface area contributed by atoms with Gasteiger partial charge in [-0.15, -0.1) is 0 Å². The molecule has 0 bridgehead atoms. The third kappa shape index (κ3) is 4.56. The Labute approximate surface area is 140 Å². The summed E-state index contributed by atoms with van der Waals surface area (Å²) in [5, 5.41) is 15.3. The summed E-state index contributed by atoms with van der Waals surface area (Å²) in [6, 6.07) is 9.28. The lowest BCUT2D eigenvalue weighted by Gasteiger charge is -2.36. The first-order valence-corrected chi connectivity index (χ1v) is 8.02. The van der Waals surface area contributed by atoms with Crippen molar-refractivity contribution < 1.29 is 4.79 Å². The van der Waals surface area contributed by atoms with Crippen molar-refractivity contribution in [3.63, 3.8) is 0 Å². The molecule has 126 valence electrons. The molecule has 0 aromatic heterocycles. The third-order valence-corrected chi connectivity index (χ3v) is 4.67. The van der Waals surface area contributed by atoms with Gasteiger partial charge in [-0.3, -0.25) is 4.79 Å². The third-order valence-electron chi connectivity index (χ3n) is 4.67. The van der Waals surface area contributed by atoms with Crippen LogP contribution < -0.4 is 10.6 Å². The molecule has 0 fully saturated rings. The van der Waals surface area contributed by atoms with Crippen molar-refractivity contribution in [2.75, 3.05) is 7.05 Å². The topological polar surface area (TPSA) is 64.9 Å². The summed E-state index contributed by atoms with van der Waals surface area (Å²) in [6.07, 6.45) is 0. The molecule has 23 heavy (non-hydrogen) atoms. The van der Waals surface area contributed by atoms with Crippen LogP contribution >= 0.6 is 0 Å². The Balaban J connectivity index is 3.07. The monoisotopic (exact) mass is 315 g/mol. The summed E-state index contributed by atoms with van der Waals surface area (Å²) in [5.41, 5.74) is 1.13. The number of amides is 1. The fourth-order valence-corrected chi connectivity index (χ4v) is 2.49. The molecule has 2 unspecified atom stereocenters. The lowest BCUT2D eigenvalue weighted by molar-refractivity contribution is -0.125. The molecule has 0 spiro atoms. The van der Waals surface area contributed by atoms with Crippen molar-refractivity contribution in [3.05, 3.63) is 35.4 Å². The minimum atomic E-state index is -0.441. The number of nitrogens with zero attached hydrogens (tertiary/aromatic N) is 1. The van der Waals surface area contributed by atoms with Gasteiger partial charge in [-0.1, -0.05) is 46.8 Å². The molecule has 0 aliphatic rings. The second kappa shape index (κ2) is 7.14. The maximum absolute atomic E-state index is 12.8. The van der Waals surface area contributed by atoms with Gasteiger partial charge in [0.1, 0.15) is 0 Å². The lowest BCUT2D eigenvalue weighted by atomic mass is 9.76. The molecule has 0 saturated heterocycles. The van der Waals surface area contributed by atoms with Gasteiger partial charge < -0.3 is 10.6 Å². The van der Waals surface area contributed by atoms with E-state index in [0.29, 0.717) is 5.56 Å². The Hall–Kier alpha value is -1.86. The minimum absolute atomic E-state index is 0.00117. The molecular formula is C19H29N3O. The van der Waals surface area contributed by atoms with Crippen molar-refractivity contribution in [3.8, 4) is 6.07 Å². The second-order valence-electron chi connectivity index (χ2n) is 7.73. The normalized spacial score (nSPS) is 14.7. The van der Waals surface area contributed by atoms with Crippen LogP contribution in [0.25, 0.3) is 0 Å². The van der Waals surface area contributed by atoms with E-state index in [1.54, 1.807) is 13.1 Å². The van der Waals surface area contributed by atoms with Crippen LogP contribution in [0.1, 0.15) is 52.7 Å². The van der Waals surface area contributed by atoms with E-state index in [-0.39, 0.29) is 23.4 Å². The number of hydrogen-bond donors (Lipinski definition) is 2. The molecule has 1 rings (SSSR count). The zero-order chi connectivity index (χ0) is 17.8. The van der Waals surface area contributed by atoms with Crippen molar-refractivity contribution in [1.82, 2.24) is 10.6 Å². The molecule has 1 aromatic rings. The predicted molar refractivity (Wildman–Crippen MR) is 94.1 cm³/mol. The Kier molecular flexibility index (Phi) is 5.96. The molecular weight excluding hydrogens is 286 g/mol. The van der Waals surface area contributed by atoms with Crippen LogP contribution in [0.2, 0.25) is 0 Å². The number of rotatable bonds is 5. The smallest absolute Gasteiger partial charge is 0.238 e. The van der Waals surface area contributed by atoms with E-state index in [0.717, 1.165) is 5.56 Å². The SMILES string of the molecule is CNC(C(=O)NC(C)C(C)(C)C)C(C)(C)c1cccc(C#N)c1. The van der Waals surface area contributed by atoms with Crippen LogP contribution in [0.4, 0.5) is 0 Å². The van der Waals surface area contributed by atoms with E-state index in [1.807, 2.05) is 39.0 Å². The highest BCUT2D eigenvalue weighted by atomic mass is 16.2. The number of benzene rings is 1. The predicted octanol–water partition coefficient (Wildman–Crippen LogP) is 2.97. The number of nitriles is 1. The first kappa shape index (κ1) is 19.2. The van der Waals surface area contributed by atoms with Crippen molar-refractivity contribution >= 4 is 5.91 Å². The Bertz CT molecular complexity index is 593. The molecule has 0 aliphatic carbocycles. The highest BCUT2D eigenvalue weighted by molar-refractivity contribution is 5.84. The minimum Gasteiger partial charge on any atom is -0.352 e. The summed E-state index contributed by atoms with van der Waals surface area (Å²) in [7, 11) is 1.79. The van der Waals surface area contributed by atoms with Crippen molar-refractivity contribution in [1.29, 1.82) is 5.26 Å². The molecule has 1 aromatic carbocycles. The molecule has 0 radical (unpaired) electrons. The van der Waals surface area contributed by atoms with Gasteiger partial charge in [-0.25, -0.2) is 0 Å². The highest BCUT2D eigenvalue weighted by Gasteiger charge is 2.37. The van der Waals surface area contributed by atoms with E-state index in [4.69, 9.17) is 5.26 Å². The number of carbonyl (C=O) groups is 1. The van der Waals surface area contributed by atoms with E-state index in [9.17, 15) is 4.79 Å². The van der Waals surface area contributed by atoms with Crippen LogP contribution in [0.15, 0.2) is 24.3 Å². The zero-order valence-electron chi connectivity index (χ0n) is 15.3. The van der Waals surface area contributed by atoms with Crippen LogP contribution in [-0.4, -0.2) is 25.0 Å². The standard InChI is InChI=1S/C19H29N3O/c1-13(18(2,3)4)22-17(23)16(21-7)19(5,6)15-10-8-9-14(11-15)12-20/h8-11,13,16,21H,1-7H3,(H,22,23). The van der Waals surface area contributed by atoms with Crippen LogP contribution in [-0.2, 0) is 10.2 Å². The second-order valence-corrected chi connectivity index (χ2v) is 7.73. The van der Waals surface area contributed by atoms with E-state index < -0.39 is 5.41 Å². The largest absolute Gasteiger partial charge is 0.352 e. The van der Waals surface area contributed by atoms with E-state index in [1.165, 1.54) is 0 Å². The number of hydrogen-bond acceptors (Lipinski definition) is 3. The van der Waals surface area contributed by atoms with Gasteiger partial charge in [0.05, 0.1) is 17.7 Å². The van der Waals surface area contributed by atoms with Crippen molar-refractivity contribution in [2.45, 2.75) is 59.0 Å². The number of likely N-dealkylation sites (N-methyl/N-ethyl adjacent to an activating group) is 1. The van der Waals surface area contributed by atoms with E-state index >= 15 is 0 Å². The number of carbonyl (C=O) groups excluding carboxylic acids is 1. The average Bonchev–Trinajstić information content (AvgIpc) is 2.46. The Morgan fingerprint density at radius 1 is 1.22 bits per heavy atom. The maximum atomic E-state index is 12.8. The van der Waals surface area contributed by atoms with Crippen molar-refractivity contribution in [2.24, 2.45) is 5.41 Å². The zero-order valence-corrected chi connectivity index (χ0v) is 15.3. The summed E-state index contributed by atoms with van der Waals surface area (Å²) in [5.74, 6) is -0.0257. The molecule has 2 atom stereocenters. The highest BCUT2D eigenvalue weighted by Crippen LogP contribution is 2.28. The average molecular weight is 315 g/mol. The molecule has 2 N–H and O–H groups in total. The van der Waals surface area contributed by atoms with Gasteiger partial charge in [-0.05, 0) is 37.1 Å². The number of nitrogens with one attached hydrogen (secondary N) is 2. The Morgan fingerprint density at radius 2 is 1.83 bits per heavy atom. The summed E-state index contributed by atoms with van der Waals surface area (Å²) in [4.78, 5) is 12.8. The van der Waals surface area contributed by atoms with Gasteiger partial charge in [0.2, 0.25) is 5.91 Å². The summed E-state index contributed by atoms with van der Waals surface area (Å²) >= 11 is 0. The molecule has 1 amide bonds. The summed E-state index contributed by atoms with van der Waals surface area (Å²) in [6.45, 7) is 12.4. The van der Waals surface area contributed by atoms with Gasteiger partial charge >= 0.3 is 0 Å². The lowest BCUT2D eigenvalue weighted by Crippen LogP contribution is -2.56. The quantitative estimate of drug-likeness (QED) is 0.878. The van der Waals surface area contributed by atoms with Crippen LogP contribution in [0.5, 0.6) is 0 Å². The maximum Gasteiger partial charge on any atom is 0.238 e.